The van der Waals surface area contributed by atoms with Crippen LogP contribution in [0.1, 0.15) is 18.9 Å². The summed E-state index contributed by atoms with van der Waals surface area (Å²) < 4.78 is 10.8. The summed E-state index contributed by atoms with van der Waals surface area (Å²) in [6.07, 6.45) is 1.66. The summed E-state index contributed by atoms with van der Waals surface area (Å²) >= 11 is 0. The first-order valence-electron chi connectivity index (χ1n) is 6.32. The third-order valence-corrected chi connectivity index (χ3v) is 3.09. The average molecular weight is 249 g/mol. The molecular formula is C14H19NO3. The van der Waals surface area contributed by atoms with E-state index in [4.69, 9.17) is 9.47 Å². The molecule has 2 rings (SSSR count). The molecule has 4 nitrogen and oxygen atoms in total. The van der Waals surface area contributed by atoms with E-state index in [0.717, 1.165) is 30.0 Å². The van der Waals surface area contributed by atoms with Gasteiger partial charge in [-0.3, -0.25) is 4.79 Å². The van der Waals surface area contributed by atoms with Crippen LogP contribution in [0.4, 0.5) is 0 Å². The van der Waals surface area contributed by atoms with E-state index in [-0.39, 0.29) is 11.8 Å². The van der Waals surface area contributed by atoms with Gasteiger partial charge in [0.25, 0.3) is 0 Å². The second kappa shape index (κ2) is 5.76. The third-order valence-electron chi connectivity index (χ3n) is 3.09. The number of rotatable bonds is 4. The molecule has 0 radical (unpaired) electrons. The van der Waals surface area contributed by atoms with E-state index in [1.54, 1.807) is 7.11 Å². The van der Waals surface area contributed by atoms with Crippen molar-refractivity contribution in [1.82, 2.24) is 5.32 Å². The summed E-state index contributed by atoms with van der Waals surface area (Å²) in [5.41, 5.74) is 1.04. The van der Waals surface area contributed by atoms with Crippen molar-refractivity contribution in [2.45, 2.75) is 19.8 Å². The number of ether oxygens (including phenoxy) is 2. The number of amides is 1. The number of benzene rings is 1. The van der Waals surface area contributed by atoms with Gasteiger partial charge < -0.3 is 14.8 Å². The van der Waals surface area contributed by atoms with Crippen molar-refractivity contribution in [1.29, 1.82) is 0 Å². The van der Waals surface area contributed by atoms with E-state index >= 15 is 0 Å². The van der Waals surface area contributed by atoms with Crippen LogP contribution in [0.25, 0.3) is 0 Å². The van der Waals surface area contributed by atoms with Crippen LogP contribution in [-0.2, 0) is 11.2 Å². The van der Waals surface area contributed by atoms with E-state index in [0.29, 0.717) is 13.0 Å². The average Bonchev–Trinajstić information content (AvgIpc) is 2.43. The lowest BCUT2D eigenvalue weighted by atomic mass is 9.96. The number of hydrogen-bond acceptors (Lipinski definition) is 3. The molecule has 0 bridgehead atoms. The number of carbonyl (C=O) groups excluding carboxylic acids is 1. The van der Waals surface area contributed by atoms with Crippen molar-refractivity contribution in [2.24, 2.45) is 5.92 Å². The highest BCUT2D eigenvalue weighted by molar-refractivity contribution is 5.79. The van der Waals surface area contributed by atoms with Gasteiger partial charge in [0.1, 0.15) is 18.1 Å². The number of methoxy groups -OCH3 is 1. The smallest absolute Gasteiger partial charge is 0.226 e. The maximum absolute atomic E-state index is 11.9. The molecule has 0 saturated carbocycles. The molecule has 0 fully saturated rings. The Morgan fingerprint density at radius 1 is 1.56 bits per heavy atom. The summed E-state index contributed by atoms with van der Waals surface area (Å²) in [6, 6.07) is 5.71. The van der Waals surface area contributed by atoms with Crippen LogP contribution in [0.2, 0.25) is 0 Å². The number of fused-ring (bicyclic) bond motifs is 1. The number of carbonyl (C=O) groups is 1. The molecule has 0 aliphatic carbocycles. The van der Waals surface area contributed by atoms with Crippen molar-refractivity contribution in [3.63, 3.8) is 0 Å². The molecule has 1 atom stereocenters. The minimum absolute atomic E-state index is 0.0744. The molecule has 1 amide bonds. The van der Waals surface area contributed by atoms with Crippen molar-refractivity contribution in [2.75, 3.05) is 20.3 Å². The quantitative estimate of drug-likeness (QED) is 0.884. The predicted molar refractivity (Wildman–Crippen MR) is 69.0 cm³/mol. The van der Waals surface area contributed by atoms with E-state index < -0.39 is 0 Å². The van der Waals surface area contributed by atoms with Gasteiger partial charge in [-0.05, 0) is 36.6 Å². The second-order valence-corrected chi connectivity index (χ2v) is 4.48. The molecule has 0 aromatic heterocycles. The molecule has 1 aliphatic rings. The summed E-state index contributed by atoms with van der Waals surface area (Å²) in [5.74, 6) is 1.63. The first kappa shape index (κ1) is 12.7. The van der Waals surface area contributed by atoms with Gasteiger partial charge in [-0.2, -0.15) is 0 Å². The zero-order valence-corrected chi connectivity index (χ0v) is 10.9. The molecule has 4 heteroatoms. The van der Waals surface area contributed by atoms with Crippen LogP contribution in [-0.4, -0.2) is 26.2 Å². The molecule has 1 aromatic carbocycles. The van der Waals surface area contributed by atoms with Crippen LogP contribution in [0.5, 0.6) is 11.5 Å². The zero-order chi connectivity index (χ0) is 13.0. The first-order valence-corrected chi connectivity index (χ1v) is 6.32. The van der Waals surface area contributed by atoms with Gasteiger partial charge in [0.15, 0.2) is 0 Å². The molecule has 1 heterocycles. The fourth-order valence-corrected chi connectivity index (χ4v) is 2.06. The van der Waals surface area contributed by atoms with Crippen molar-refractivity contribution in [3.05, 3.63) is 23.8 Å². The van der Waals surface area contributed by atoms with Crippen LogP contribution >= 0.6 is 0 Å². The summed E-state index contributed by atoms with van der Waals surface area (Å²) in [7, 11) is 1.64. The van der Waals surface area contributed by atoms with Gasteiger partial charge in [0, 0.05) is 6.54 Å². The monoisotopic (exact) mass is 249 g/mol. The first-order chi connectivity index (χ1) is 8.74. The van der Waals surface area contributed by atoms with E-state index in [1.807, 2.05) is 25.1 Å². The molecule has 0 saturated heterocycles. The molecule has 1 aromatic rings. The Hall–Kier alpha value is -1.71. The second-order valence-electron chi connectivity index (χ2n) is 4.48. The van der Waals surface area contributed by atoms with Gasteiger partial charge in [0.2, 0.25) is 5.91 Å². The highest BCUT2D eigenvalue weighted by Crippen LogP contribution is 2.30. The fraction of sp³-hybridized carbons (Fsp3) is 0.500. The summed E-state index contributed by atoms with van der Waals surface area (Å²) in [6.45, 7) is 3.22. The lowest BCUT2D eigenvalue weighted by molar-refractivity contribution is -0.126. The molecule has 1 aliphatic heterocycles. The fourth-order valence-electron chi connectivity index (χ4n) is 2.06. The lowest BCUT2D eigenvalue weighted by Crippen LogP contribution is -2.37. The van der Waals surface area contributed by atoms with Gasteiger partial charge >= 0.3 is 0 Å². The Balaban J connectivity index is 2.06. The topological polar surface area (TPSA) is 47.6 Å². The molecule has 98 valence electrons. The summed E-state index contributed by atoms with van der Waals surface area (Å²) in [4.78, 5) is 11.9. The van der Waals surface area contributed by atoms with E-state index in [1.165, 1.54) is 0 Å². The molecule has 1 N–H and O–H groups in total. The number of hydrogen-bond donors (Lipinski definition) is 1. The van der Waals surface area contributed by atoms with E-state index in [2.05, 4.69) is 5.32 Å². The van der Waals surface area contributed by atoms with E-state index in [9.17, 15) is 4.79 Å². The molecule has 0 spiro atoms. The van der Waals surface area contributed by atoms with Gasteiger partial charge in [-0.1, -0.05) is 6.92 Å². The minimum Gasteiger partial charge on any atom is -0.497 e. The highest BCUT2D eigenvalue weighted by Gasteiger charge is 2.25. The van der Waals surface area contributed by atoms with Crippen molar-refractivity contribution < 1.29 is 14.3 Å². The van der Waals surface area contributed by atoms with Gasteiger partial charge in [-0.15, -0.1) is 0 Å². The van der Waals surface area contributed by atoms with Gasteiger partial charge in [-0.25, -0.2) is 0 Å². The van der Waals surface area contributed by atoms with Crippen LogP contribution in [0.15, 0.2) is 18.2 Å². The van der Waals surface area contributed by atoms with Crippen molar-refractivity contribution in [3.8, 4) is 11.5 Å². The Labute approximate surface area is 107 Å². The normalized spacial score (nSPS) is 17.6. The third kappa shape index (κ3) is 2.75. The molecule has 1 unspecified atom stereocenters. The highest BCUT2D eigenvalue weighted by atomic mass is 16.5. The SMILES string of the molecule is CCCNC(=O)C1COc2ccc(OC)cc2C1. The molecule has 18 heavy (non-hydrogen) atoms. The largest absolute Gasteiger partial charge is 0.497 e. The Morgan fingerprint density at radius 3 is 3.11 bits per heavy atom. The lowest BCUT2D eigenvalue weighted by Gasteiger charge is -2.24. The Bertz CT molecular complexity index is 431. The van der Waals surface area contributed by atoms with Crippen LogP contribution < -0.4 is 14.8 Å². The maximum Gasteiger partial charge on any atom is 0.226 e. The molecular weight excluding hydrogens is 230 g/mol. The minimum atomic E-state index is -0.101. The Morgan fingerprint density at radius 2 is 2.39 bits per heavy atom. The van der Waals surface area contributed by atoms with Crippen LogP contribution in [0.3, 0.4) is 0 Å². The van der Waals surface area contributed by atoms with Gasteiger partial charge in [0.05, 0.1) is 13.0 Å². The van der Waals surface area contributed by atoms with Crippen molar-refractivity contribution >= 4 is 5.91 Å². The zero-order valence-electron chi connectivity index (χ0n) is 10.9. The summed E-state index contributed by atoms with van der Waals surface area (Å²) in [5, 5.41) is 2.91. The predicted octanol–water partition coefficient (Wildman–Crippen LogP) is 1.77. The standard InChI is InChI=1S/C14H19NO3/c1-3-6-15-14(16)11-7-10-8-12(17-2)4-5-13(10)18-9-11/h4-5,8,11H,3,6-7,9H2,1-2H3,(H,15,16). The van der Waals surface area contributed by atoms with Crippen LogP contribution in [0, 0.1) is 5.92 Å². The Kier molecular flexibility index (Phi) is 4.07. The number of nitrogens with one attached hydrogen (secondary N) is 1. The maximum atomic E-state index is 11.9.